The molecule has 0 aromatic carbocycles. The Bertz CT molecular complexity index is 1040. The van der Waals surface area contributed by atoms with E-state index in [0.29, 0.717) is 6.42 Å². The molecule has 2 atom stereocenters. The van der Waals surface area contributed by atoms with Gasteiger partial charge in [0.2, 0.25) is 0 Å². The standard InChI is InChI=1S/C46H83O8P/c1-4-7-9-11-13-15-17-19-21-22-23-24-25-26-27-29-31-33-35-37-39-41-46(48)54-44(43-53-55(49,50)52-6-3)42-51-45(47)40-38-36-34-32-30-28-20-18-16-14-12-10-8-5-2/h12,14,17-20,22-23,44H,4-11,13,15-16,21,24-43H2,1-3H3,(H,49,50)/b14-12-,19-17-,20-18-,23-22-. The summed E-state index contributed by atoms with van der Waals surface area (Å²) in [4.78, 5) is 34.8. The monoisotopic (exact) mass is 795 g/mol. The predicted octanol–water partition coefficient (Wildman–Crippen LogP) is 14.2. The number of hydrogen-bond acceptors (Lipinski definition) is 7. The summed E-state index contributed by atoms with van der Waals surface area (Å²) >= 11 is 0. The van der Waals surface area contributed by atoms with E-state index in [9.17, 15) is 19.0 Å². The zero-order chi connectivity index (χ0) is 40.3. The summed E-state index contributed by atoms with van der Waals surface area (Å²) in [5, 5.41) is 0. The lowest BCUT2D eigenvalue weighted by atomic mass is 10.1. The van der Waals surface area contributed by atoms with Crippen LogP contribution in [0.1, 0.15) is 207 Å². The molecule has 0 fully saturated rings. The maximum Gasteiger partial charge on any atom is 0.472 e. The second-order valence-corrected chi connectivity index (χ2v) is 16.2. The Labute approximate surface area is 338 Å². The number of esters is 2. The average molecular weight is 795 g/mol. The van der Waals surface area contributed by atoms with Crippen LogP contribution >= 0.6 is 7.82 Å². The topological polar surface area (TPSA) is 108 Å². The van der Waals surface area contributed by atoms with Gasteiger partial charge in [-0.3, -0.25) is 18.6 Å². The Balaban J connectivity index is 4.07. The Kier molecular flexibility index (Phi) is 40.1. The number of allylic oxidation sites excluding steroid dienone is 8. The summed E-state index contributed by atoms with van der Waals surface area (Å²) in [7, 11) is -4.29. The zero-order valence-electron chi connectivity index (χ0n) is 35.6. The van der Waals surface area contributed by atoms with Gasteiger partial charge in [-0.05, 0) is 77.6 Å². The third-order valence-electron chi connectivity index (χ3n) is 9.36. The van der Waals surface area contributed by atoms with Crippen molar-refractivity contribution in [3.8, 4) is 0 Å². The number of phosphoric ester groups is 1. The van der Waals surface area contributed by atoms with E-state index in [1.165, 1.54) is 96.3 Å². The third kappa shape index (κ3) is 41.5. The van der Waals surface area contributed by atoms with Crippen LogP contribution in [-0.2, 0) is 32.7 Å². The molecule has 0 saturated heterocycles. The molecule has 55 heavy (non-hydrogen) atoms. The number of rotatable bonds is 41. The molecular formula is C46H83O8P. The van der Waals surface area contributed by atoms with Crippen molar-refractivity contribution in [1.82, 2.24) is 0 Å². The van der Waals surface area contributed by atoms with Crippen molar-refractivity contribution >= 4 is 19.8 Å². The Morgan fingerprint density at radius 3 is 1.35 bits per heavy atom. The third-order valence-corrected chi connectivity index (χ3v) is 10.4. The molecule has 1 N–H and O–H groups in total. The molecule has 0 bridgehead atoms. The number of phosphoric acid groups is 1. The van der Waals surface area contributed by atoms with E-state index in [0.717, 1.165) is 70.6 Å². The van der Waals surface area contributed by atoms with E-state index in [2.05, 4.69) is 62.5 Å². The molecule has 0 aliphatic heterocycles. The molecule has 0 spiro atoms. The molecular weight excluding hydrogens is 711 g/mol. The van der Waals surface area contributed by atoms with Crippen LogP contribution in [0.4, 0.5) is 0 Å². The van der Waals surface area contributed by atoms with Gasteiger partial charge in [0, 0.05) is 12.8 Å². The summed E-state index contributed by atoms with van der Waals surface area (Å²) in [5.74, 6) is -0.818. The Hall–Kier alpha value is -1.99. The van der Waals surface area contributed by atoms with Gasteiger partial charge in [0.25, 0.3) is 0 Å². The van der Waals surface area contributed by atoms with Gasteiger partial charge in [0.15, 0.2) is 6.10 Å². The van der Waals surface area contributed by atoms with E-state index >= 15 is 0 Å². The van der Waals surface area contributed by atoms with E-state index in [1.54, 1.807) is 6.92 Å². The molecule has 0 aromatic heterocycles. The molecule has 0 aliphatic rings. The summed E-state index contributed by atoms with van der Waals surface area (Å²) < 4.78 is 32.7. The van der Waals surface area contributed by atoms with Crippen LogP contribution in [0, 0.1) is 0 Å². The average Bonchev–Trinajstić information content (AvgIpc) is 3.16. The number of carbonyl (C=O) groups is 2. The van der Waals surface area contributed by atoms with Crippen LogP contribution in [-0.4, -0.2) is 42.8 Å². The minimum absolute atomic E-state index is 0.00401. The van der Waals surface area contributed by atoms with Gasteiger partial charge in [0.05, 0.1) is 13.2 Å². The molecule has 0 aliphatic carbocycles. The largest absolute Gasteiger partial charge is 0.472 e. The van der Waals surface area contributed by atoms with Crippen molar-refractivity contribution in [2.45, 2.75) is 213 Å². The summed E-state index contributed by atoms with van der Waals surface area (Å²) in [6, 6.07) is 0. The molecule has 8 nitrogen and oxygen atoms in total. The first-order valence-corrected chi connectivity index (χ1v) is 23.9. The van der Waals surface area contributed by atoms with E-state index < -0.39 is 26.5 Å². The molecule has 0 radical (unpaired) electrons. The van der Waals surface area contributed by atoms with Gasteiger partial charge in [-0.15, -0.1) is 0 Å². The Morgan fingerprint density at radius 1 is 0.491 bits per heavy atom. The first-order valence-electron chi connectivity index (χ1n) is 22.4. The maximum absolute atomic E-state index is 12.6. The fourth-order valence-electron chi connectivity index (χ4n) is 6.03. The quantitative estimate of drug-likeness (QED) is 0.0282. The van der Waals surface area contributed by atoms with Gasteiger partial charge in [-0.2, -0.15) is 0 Å². The van der Waals surface area contributed by atoms with Crippen molar-refractivity contribution in [3.63, 3.8) is 0 Å². The van der Waals surface area contributed by atoms with Crippen molar-refractivity contribution in [2.24, 2.45) is 0 Å². The summed E-state index contributed by atoms with van der Waals surface area (Å²) in [6.45, 7) is 5.41. The van der Waals surface area contributed by atoms with Gasteiger partial charge in [0.1, 0.15) is 6.61 Å². The minimum atomic E-state index is -4.29. The second-order valence-electron chi connectivity index (χ2n) is 14.7. The minimum Gasteiger partial charge on any atom is -0.462 e. The van der Waals surface area contributed by atoms with Crippen LogP contribution in [0.3, 0.4) is 0 Å². The van der Waals surface area contributed by atoms with E-state index in [4.69, 9.17) is 18.5 Å². The smallest absolute Gasteiger partial charge is 0.462 e. The number of unbranched alkanes of at least 4 members (excludes halogenated alkanes) is 21. The number of carbonyl (C=O) groups excluding carboxylic acids is 2. The highest BCUT2D eigenvalue weighted by Crippen LogP contribution is 2.43. The van der Waals surface area contributed by atoms with Crippen LogP contribution in [0.5, 0.6) is 0 Å². The zero-order valence-corrected chi connectivity index (χ0v) is 36.5. The summed E-state index contributed by atoms with van der Waals surface area (Å²) in [6.07, 6.45) is 48.8. The van der Waals surface area contributed by atoms with Crippen LogP contribution in [0.25, 0.3) is 0 Å². The van der Waals surface area contributed by atoms with Gasteiger partial charge in [-0.25, -0.2) is 4.57 Å². The molecule has 320 valence electrons. The van der Waals surface area contributed by atoms with Crippen molar-refractivity contribution in [2.75, 3.05) is 19.8 Å². The van der Waals surface area contributed by atoms with Gasteiger partial charge >= 0.3 is 19.8 Å². The molecule has 0 amide bonds. The SMILES string of the molecule is CCCC/C=C\C/C=C\CCCCCCCC(=O)OCC(COP(=O)(O)OCC)OC(=O)CCCCCCCCCCC/C=C\C/C=C\CCCCCCC. The highest BCUT2D eigenvalue weighted by Gasteiger charge is 2.25. The van der Waals surface area contributed by atoms with Crippen LogP contribution < -0.4 is 0 Å². The van der Waals surface area contributed by atoms with E-state index in [1.807, 2.05) is 0 Å². The second kappa shape index (κ2) is 41.6. The van der Waals surface area contributed by atoms with Crippen LogP contribution in [0.15, 0.2) is 48.6 Å². The molecule has 9 heteroatoms. The summed E-state index contributed by atoms with van der Waals surface area (Å²) in [5.41, 5.74) is 0. The van der Waals surface area contributed by atoms with Crippen molar-refractivity contribution in [1.29, 1.82) is 0 Å². The molecule has 0 heterocycles. The predicted molar refractivity (Wildman–Crippen MR) is 230 cm³/mol. The lowest BCUT2D eigenvalue weighted by Gasteiger charge is -2.19. The molecule has 2 unspecified atom stereocenters. The maximum atomic E-state index is 12.6. The normalized spacial score (nSPS) is 13.7. The highest BCUT2D eigenvalue weighted by molar-refractivity contribution is 7.47. The van der Waals surface area contributed by atoms with Gasteiger partial charge < -0.3 is 14.4 Å². The fourth-order valence-corrected chi connectivity index (χ4v) is 6.78. The van der Waals surface area contributed by atoms with Crippen molar-refractivity contribution in [3.05, 3.63) is 48.6 Å². The van der Waals surface area contributed by atoms with Crippen molar-refractivity contribution < 1.29 is 37.6 Å². The lowest BCUT2D eigenvalue weighted by molar-refractivity contribution is -0.161. The molecule has 0 aromatic rings. The Morgan fingerprint density at radius 2 is 0.891 bits per heavy atom. The van der Waals surface area contributed by atoms with Crippen LogP contribution in [0.2, 0.25) is 0 Å². The van der Waals surface area contributed by atoms with Gasteiger partial charge in [-0.1, -0.05) is 165 Å². The fraction of sp³-hybridized carbons (Fsp3) is 0.783. The molecule has 0 saturated carbocycles. The first kappa shape index (κ1) is 53.0. The lowest BCUT2D eigenvalue weighted by Crippen LogP contribution is -2.29. The number of ether oxygens (including phenoxy) is 2. The highest BCUT2D eigenvalue weighted by atomic mass is 31.2. The number of hydrogen-bond donors (Lipinski definition) is 1. The first-order chi connectivity index (χ1) is 26.8. The molecule has 0 rings (SSSR count). The van der Waals surface area contributed by atoms with E-state index in [-0.39, 0.29) is 32.0 Å².